The molecule has 0 aromatic carbocycles. The van der Waals surface area contributed by atoms with Gasteiger partial charge in [0, 0.05) is 40.4 Å². The minimum Gasteiger partial charge on any atom is -0.358 e. The molecule has 1 nitrogen and oxygen atoms in total. The van der Waals surface area contributed by atoms with Crippen molar-refractivity contribution in [2.45, 2.75) is 39.5 Å². The molecule has 76 valence electrons. The Labute approximate surface area is 113 Å². The van der Waals surface area contributed by atoms with Crippen LogP contribution in [0, 0.1) is 0 Å². The topological polar surface area (TPSA) is 3.24 Å². The maximum absolute atomic E-state index is 5.03. The van der Waals surface area contributed by atoms with E-state index in [1.165, 1.54) is 25.7 Å². The SMILES string of the molecule is CCCCN(CCCC)C(=S)S.[Pb]. The van der Waals surface area contributed by atoms with E-state index in [9.17, 15) is 0 Å². The number of thiocarbonyl (C=S) groups is 1. The Balaban J connectivity index is 0. The predicted octanol–water partition coefficient (Wildman–Crippen LogP) is 2.72. The van der Waals surface area contributed by atoms with Crippen LogP contribution in [0.4, 0.5) is 0 Å². The fourth-order valence-corrected chi connectivity index (χ4v) is 1.38. The first-order valence-corrected chi connectivity index (χ1v) is 5.55. The molecule has 0 heterocycles. The number of thiol groups is 1. The van der Waals surface area contributed by atoms with E-state index in [-0.39, 0.29) is 27.3 Å². The maximum atomic E-state index is 5.03. The molecule has 0 saturated heterocycles. The smallest absolute Gasteiger partial charge is 0.133 e. The standard InChI is InChI=1S/C9H19NS2.Pb/c1-3-5-7-10(9(11)12)8-6-4-2;/h3-8H2,1-2H3,(H,11,12);. The van der Waals surface area contributed by atoms with Gasteiger partial charge in [-0.3, -0.25) is 0 Å². The molecule has 0 rings (SSSR count). The van der Waals surface area contributed by atoms with Gasteiger partial charge in [0.05, 0.1) is 0 Å². The molecule has 0 fully saturated rings. The van der Waals surface area contributed by atoms with E-state index in [1.54, 1.807) is 0 Å². The Morgan fingerprint density at radius 3 is 1.77 bits per heavy atom. The molecule has 0 amide bonds. The van der Waals surface area contributed by atoms with Gasteiger partial charge in [0.2, 0.25) is 0 Å². The van der Waals surface area contributed by atoms with Crippen LogP contribution in [0.3, 0.4) is 0 Å². The molecule has 0 unspecified atom stereocenters. The summed E-state index contributed by atoms with van der Waals surface area (Å²) >= 11 is 9.23. The van der Waals surface area contributed by atoms with Gasteiger partial charge in [-0.2, -0.15) is 0 Å². The van der Waals surface area contributed by atoms with Crippen LogP contribution in [0.5, 0.6) is 0 Å². The van der Waals surface area contributed by atoms with Gasteiger partial charge >= 0.3 is 0 Å². The molecule has 0 aliphatic carbocycles. The molecule has 4 heteroatoms. The van der Waals surface area contributed by atoms with Gasteiger partial charge in [0.15, 0.2) is 0 Å². The summed E-state index contributed by atoms with van der Waals surface area (Å²) in [7, 11) is 0. The molecule has 0 bridgehead atoms. The minimum atomic E-state index is 0. The minimum absolute atomic E-state index is 0. The third-order valence-corrected chi connectivity index (χ3v) is 2.37. The quantitative estimate of drug-likeness (QED) is 0.406. The third kappa shape index (κ3) is 9.47. The summed E-state index contributed by atoms with van der Waals surface area (Å²) in [6, 6.07) is 0. The second kappa shape index (κ2) is 11.2. The number of rotatable bonds is 6. The molecular weight excluding hydrogens is 393 g/mol. The van der Waals surface area contributed by atoms with E-state index in [4.69, 9.17) is 12.2 Å². The molecule has 0 aliphatic rings. The van der Waals surface area contributed by atoms with Gasteiger partial charge in [-0.05, 0) is 12.8 Å². The summed E-state index contributed by atoms with van der Waals surface area (Å²) in [6.45, 7) is 6.52. The van der Waals surface area contributed by atoms with Crippen LogP contribution in [0.2, 0.25) is 0 Å². The van der Waals surface area contributed by atoms with Gasteiger partial charge < -0.3 is 4.90 Å². The van der Waals surface area contributed by atoms with Crippen LogP contribution >= 0.6 is 24.8 Å². The van der Waals surface area contributed by atoms with E-state index in [1.807, 2.05) is 0 Å². The van der Waals surface area contributed by atoms with Gasteiger partial charge in [0.25, 0.3) is 0 Å². The van der Waals surface area contributed by atoms with Crippen molar-refractivity contribution >= 4 is 56.5 Å². The largest absolute Gasteiger partial charge is 0.358 e. The van der Waals surface area contributed by atoms with E-state index >= 15 is 0 Å². The first kappa shape index (κ1) is 16.6. The zero-order valence-corrected chi connectivity index (χ0v) is 14.1. The van der Waals surface area contributed by atoms with Crippen LogP contribution in [0.15, 0.2) is 0 Å². The maximum Gasteiger partial charge on any atom is 0.133 e. The van der Waals surface area contributed by atoms with Crippen molar-refractivity contribution in [3.8, 4) is 0 Å². The molecule has 13 heavy (non-hydrogen) atoms. The van der Waals surface area contributed by atoms with Gasteiger partial charge in [-0.1, -0.05) is 38.9 Å². The van der Waals surface area contributed by atoms with Crippen LogP contribution in [0.1, 0.15) is 39.5 Å². The normalized spacial score (nSPS) is 9.15. The fourth-order valence-electron chi connectivity index (χ4n) is 1.00. The predicted molar refractivity (Wildman–Crippen MR) is 68.7 cm³/mol. The molecule has 0 saturated carbocycles. The Morgan fingerprint density at radius 2 is 1.54 bits per heavy atom. The van der Waals surface area contributed by atoms with Crippen molar-refractivity contribution in [1.82, 2.24) is 4.90 Å². The third-order valence-electron chi connectivity index (χ3n) is 1.83. The summed E-state index contributed by atoms with van der Waals surface area (Å²) in [4.78, 5) is 2.19. The molecule has 0 aromatic heterocycles. The molecule has 0 atom stereocenters. The molecule has 0 N–H and O–H groups in total. The Morgan fingerprint density at radius 1 is 1.15 bits per heavy atom. The van der Waals surface area contributed by atoms with Crippen LogP contribution in [-0.4, -0.2) is 49.6 Å². The van der Waals surface area contributed by atoms with Gasteiger partial charge in [-0.25, -0.2) is 0 Å². The first-order valence-electron chi connectivity index (χ1n) is 4.70. The summed E-state index contributed by atoms with van der Waals surface area (Å²) in [5.41, 5.74) is 0. The molecule has 0 aromatic rings. The Bertz CT molecular complexity index is 123. The number of unbranched alkanes of at least 4 members (excludes halogenated alkanes) is 2. The Kier molecular flexibility index (Phi) is 14.3. The summed E-state index contributed by atoms with van der Waals surface area (Å²) in [5, 5.41) is 0. The average Bonchev–Trinajstić information content (AvgIpc) is 2.04. The summed E-state index contributed by atoms with van der Waals surface area (Å²) < 4.78 is 0.747. The average molecular weight is 413 g/mol. The first-order chi connectivity index (χ1) is 5.72. The van der Waals surface area contributed by atoms with Gasteiger partial charge in [-0.15, -0.1) is 12.6 Å². The Hall–Kier alpha value is 1.16. The molecule has 0 aliphatic heterocycles. The van der Waals surface area contributed by atoms with E-state index in [0.29, 0.717) is 0 Å². The zero-order valence-electron chi connectivity index (χ0n) is 8.55. The van der Waals surface area contributed by atoms with Crippen LogP contribution in [-0.2, 0) is 0 Å². The second-order valence-corrected chi connectivity index (χ2v) is 4.09. The fraction of sp³-hybridized carbons (Fsp3) is 0.889. The van der Waals surface area contributed by atoms with E-state index in [2.05, 4.69) is 31.4 Å². The van der Waals surface area contributed by atoms with Crippen molar-refractivity contribution in [3.05, 3.63) is 0 Å². The number of hydrogen-bond acceptors (Lipinski definition) is 1. The van der Waals surface area contributed by atoms with Crippen LogP contribution in [0.25, 0.3) is 0 Å². The molecule has 4 radical (unpaired) electrons. The van der Waals surface area contributed by atoms with E-state index in [0.717, 1.165) is 17.4 Å². The van der Waals surface area contributed by atoms with Crippen molar-refractivity contribution in [3.63, 3.8) is 0 Å². The number of hydrogen-bond donors (Lipinski definition) is 1. The van der Waals surface area contributed by atoms with Crippen molar-refractivity contribution in [1.29, 1.82) is 0 Å². The zero-order chi connectivity index (χ0) is 9.40. The number of nitrogens with zero attached hydrogens (tertiary/aromatic N) is 1. The van der Waals surface area contributed by atoms with Crippen LogP contribution < -0.4 is 0 Å². The van der Waals surface area contributed by atoms with Gasteiger partial charge in [0.1, 0.15) is 4.32 Å². The monoisotopic (exact) mass is 413 g/mol. The molecular formula is C9H19NPbS2. The van der Waals surface area contributed by atoms with E-state index < -0.39 is 0 Å². The van der Waals surface area contributed by atoms with Crippen molar-refractivity contribution in [2.24, 2.45) is 0 Å². The molecule has 0 spiro atoms. The van der Waals surface area contributed by atoms with Crippen molar-refractivity contribution in [2.75, 3.05) is 13.1 Å². The summed E-state index contributed by atoms with van der Waals surface area (Å²) in [5.74, 6) is 0. The van der Waals surface area contributed by atoms with Crippen molar-refractivity contribution < 1.29 is 0 Å². The summed E-state index contributed by atoms with van der Waals surface area (Å²) in [6.07, 6.45) is 4.87. The second-order valence-electron chi connectivity index (χ2n) is 2.98.